The molecule has 0 atom stereocenters. The zero-order chi connectivity index (χ0) is 15.1. The number of Topliss-reactive ketones (excluding diaryl/α,β-unsaturated/α-hetero) is 2. The summed E-state index contributed by atoms with van der Waals surface area (Å²) in [6.45, 7) is 12.3. The van der Waals surface area contributed by atoms with Crippen LogP contribution in [0.5, 0.6) is 0 Å². The number of rotatable bonds is 8. The van der Waals surface area contributed by atoms with E-state index in [4.69, 9.17) is 0 Å². The van der Waals surface area contributed by atoms with Gasteiger partial charge in [-0.3, -0.25) is 19.6 Å². The fourth-order valence-corrected chi connectivity index (χ4v) is 1.40. The highest BCUT2D eigenvalue weighted by atomic mass is 16.1. The van der Waals surface area contributed by atoms with Gasteiger partial charge in [0.1, 0.15) is 0 Å². The van der Waals surface area contributed by atoms with Crippen LogP contribution in [0.15, 0.2) is 9.98 Å². The average molecular weight is 266 g/mol. The van der Waals surface area contributed by atoms with Crippen LogP contribution in [0, 0.1) is 5.41 Å². The van der Waals surface area contributed by atoms with Gasteiger partial charge in [-0.15, -0.1) is 0 Å². The maximum absolute atomic E-state index is 11.4. The van der Waals surface area contributed by atoms with Crippen molar-refractivity contribution in [2.24, 2.45) is 15.4 Å². The second kappa shape index (κ2) is 7.97. The lowest BCUT2D eigenvalue weighted by atomic mass is 9.93. The standard InChI is InChI=1S/C15H26N2O2/c1-7-13(18)11(3)16-9-15(5,6)10-17-12(4)14(19)8-2/h7-10H2,1-6H3. The Morgan fingerprint density at radius 1 is 0.842 bits per heavy atom. The van der Waals surface area contributed by atoms with Gasteiger partial charge in [0.15, 0.2) is 11.6 Å². The van der Waals surface area contributed by atoms with E-state index in [9.17, 15) is 9.59 Å². The molecule has 0 rings (SSSR count). The van der Waals surface area contributed by atoms with E-state index in [1.807, 2.05) is 27.7 Å². The Kier molecular flexibility index (Phi) is 7.42. The first-order chi connectivity index (χ1) is 8.73. The van der Waals surface area contributed by atoms with E-state index in [1.165, 1.54) is 0 Å². The summed E-state index contributed by atoms with van der Waals surface area (Å²) in [6.07, 6.45) is 0.968. The van der Waals surface area contributed by atoms with E-state index in [0.29, 0.717) is 37.4 Å². The van der Waals surface area contributed by atoms with E-state index < -0.39 is 0 Å². The molecule has 0 fully saturated rings. The summed E-state index contributed by atoms with van der Waals surface area (Å²) < 4.78 is 0. The SMILES string of the molecule is CCC(=O)C(C)=NCC(C)(C)CN=C(C)C(=O)CC. The third-order valence-corrected chi connectivity index (χ3v) is 2.94. The molecule has 0 amide bonds. The van der Waals surface area contributed by atoms with Crippen molar-refractivity contribution >= 4 is 23.0 Å². The maximum atomic E-state index is 11.4. The molecule has 0 saturated heterocycles. The second-order valence-corrected chi connectivity index (χ2v) is 5.52. The average Bonchev–Trinajstić information content (AvgIpc) is 2.40. The molecule has 0 aliphatic heterocycles. The first-order valence-corrected chi connectivity index (χ1v) is 6.82. The summed E-state index contributed by atoms with van der Waals surface area (Å²) in [7, 11) is 0. The van der Waals surface area contributed by atoms with Gasteiger partial charge in [-0.25, -0.2) is 0 Å². The number of hydrogen-bond donors (Lipinski definition) is 0. The molecule has 108 valence electrons. The lowest BCUT2D eigenvalue weighted by Gasteiger charge is -2.20. The number of carbonyl (C=O) groups excluding carboxylic acids is 2. The monoisotopic (exact) mass is 266 g/mol. The maximum Gasteiger partial charge on any atom is 0.176 e. The van der Waals surface area contributed by atoms with Gasteiger partial charge in [0.25, 0.3) is 0 Å². The summed E-state index contributed by atoms with van der Waals surface area (Å²) >= 11 is 0. The molecular formula is C15H26N2O2. The third kappa shape index (κ3) is 6.99. The molecule has 0 aromatic heterocycles. The van der Waals surface area contributed by atoms with Crippen molar-refractivity contribution in [1.29, 1.82) is 0 Å². The van der Waals surface area contributed by atoms with Crippen LogP contribution in [0.2, 0.25) is 0 Å². The number of carbonyl (C=O) groups is 2. The number of nitrogens with zero attached hydrogens (tertiary/aromatic N) is 2. The molecule has 19 heavy (non-hydrogen) atoms. The van der Waals surface area contributed by atoms with E-state index in [2.05, 4.69) is 9.98 Å². The first kappa shape index (κ1) is 17.7. The molecular weight excluding hydrogens is 240 g/mol. The zero-order valence-electron chi connectivity index (χ0n) is 13.0. The summed E-state index contributed by atoms with van der Waals surface area (Å²) in [5.74, 6) is 0.160. The highest BCUT2D eigenvalue weighted by molar-refractivity contribution is 6.39. The predicted molar refractivity (Wildman–Crippen MR) is 80.3 cm³/mol. The summed E-state index contributed by atoms with van der Waals surface area (Å²) in [6, 6.07) is 0. The lowest BCUT2D eigenvalue weighted by molar-refractivity contribution is -0.113. The number of ketones is 2. The Hall–Kier alpha value is -1.32. The molecule has 0 bridgehead atoms. The molecule has 0 aromatic carbocycles. The minimum atomic E-state index is -0.148. The molecule has 0 radical (unpaired) electrons. The van der Waals surface area contributed by atoms with Crippen molar-refractivity contribution in [3.05, 3.63) is 0 Å². The zero-order valence-corrected chi connectivity index (χ0v) is 13.0. The van der Waals surface area contributed by atoms with Crippen LogP contribution >= 0.6 is 0 Å². The number of aliphatic imine (C=N–C) groups is 2. The highest BCUT2D eigenvalue weighted by Crippen LogP contribution is 2.16. The Labute approximate surface area is 116 Å². The van der Waals surface area contributed by atoms with E-state index in [1.54, 1.807) is 13.8 Å². The summed E-state index contributed by atoms with van der Waals surface area (Å²) in [4.78, 5) is 31.5. The van der Waals surface area contributed by atoms with Crippen LogP contribution in [0.3, 0.4) is 0 Å². The molecule has 0 aliphatic rings. The third-order valence-electron chi connectivity index (χ3n) is 2.94. The van der Waals surface area contributed by atoms with Gasteiger partial charge in [-0.1, -0.05) is 27.7 Å². The van der Waals surface area contributed by atoms with Crippen molar-refractivity contribution in [2.75, 3.05) is 13.1 Å². The first-order valence-electron chi connectivity index (χ1n) is 6.82. The molecule has 0 aromatic rings. The van der Waals surface area contributed by atoms with Crippen LogP contribution in [0.25, 0.3) is 0 Å². The summed E-state index contributed by atoms with van der Waals surface area (Å²) in [5, 5.41) is 0. The van der Waals surface area contributed by atoms with Crippen LogP contribution in [0.4, 0.5) is 0 Å². The van der Waals surface area contributed by atoms with Crippen molar-refractivity contribution < 1.29 is 9.59 Å². The summed E-state index contributed by atoms with van der Waals surface area (Å²) in [5.41, 5.74) is 0.992. The number of hydrogen-bond acceptors (Lipinski definition) is 4. The van der Waals surface area contributed by atoms with Gasteiger partial charge < -0.3 is 0 Å². The Morgan fingerprint density at radius 3 is 1.42 bits per heavy atom. The lowest BCUT2D eigenvalue weighted by Crippen LogP contribution is -2.23. The van der Waals surface area contributed by atoms with Crippen LogP contribution < -0.4 is 0 Å². The van der Waals surface area contributed by atoms with Crippen molar-refractivity contribution in [1.82, 2.24) is 0 Å². The van der Waals surface area contributed by atoms with Crippen LogP contribution in [-0.2, 0) is 9.59 Å². The topological polar surface area (TPSA) is 58.9 Å². The van der Waals surface area contributed by atoms with Gasteiger partial charge >= 0.3 is 0 Å². The molecule has 0 heterocycles. The molecule has 0 spiro atoms. The normalized spacial score (nSPS) is 13.6. The molecule has 4 heteroatoms. The fourth-order valence-electron chi connectivity index (χ4n) is 1.40. The van der Waals surface area contributed by atoms with Crippen LogP contribution in [0.1, 0.15) is 54.4 Å². The van der Waals surface area contributed by atoms with Gasteiger partial charge in [-0.05, 0) is 13.8 Å². The molecule has 0 saturated carbocycles. The van der Waals surface area contributed by atoms with Crippen LogP contribution in [-0.4, -0.2) is 36.1 Å². The van der Waals surface area contributed by atoms with E-state index in [-0.39, 0.29) is 17.0 Å². The molecule has 0 N–H and O–H groups in total. The highest BCUT2D eigenvalue weighted by Gasteiger charge is 2.18. The van der Waals surface area contributed by atoms with Crippen molar-refractivity contribution in [3.8, 4) is 0 Å². The molecule has 4 nitrogen and oxygen atoms in total. The Morgan fingerprint density at radius 2 is 1.16 bits per heavy atom. The van der Waals surface area contributed by atoms with Crippen molar-refractivity contribution in [3.63, 3.8) is 0 Å². The minimum absolute atomic E-state index is 0.0802. The van der Waals surface area contributed by atoms with Crippen molar-refractivity contribution in [2.45, 2.75) is 54.4 Å². The second-order valence-electron chi connectivity index (χ2n) is 5.52. The largest absolute Gasteiger partial charge is 0.293 e. The van der Waals surface area contributed by atoms with E-state index in [0.717, 1.165) is 0 Å². The smallest absolute Gasteiger partial charge is 0.176 e. The Balaban J connectivity index is 4.57. The van der Waals surface area contributed by atoms with Gasteiger partial charge in [0, 0.05) is 31.3 Å². The predicted octanol–water partition coefficient (Wildman–Crippen LogP) is 2.89. The quantitative estimate of drug-likeness (QED) is 0.634. The van der Waals surface area contributed by atoms with E-state index >= 15 is 0 Å². The molecule has 0 unspecified atom stereocenters. The fraction of sp³-hybridized carbons (Fsp3) is 0.733. The Bertz CT molecular complexity index is 357. The molecule has 0 aliphatic carbocycles. The van der Waals surface area contributed by atoms with Gasteiger partial charge in [0.05, 0.1) is 11.4 Å². The minimum Gasteiger partial charge on any atom is -0.293 e. The van der Waals surface area contributed by atoms with Gasteiger partial charge in [0.2, 0.25) is 0 Å². The van der Waals surface area contributed by atoms with Gasteiger partial charge in [-0.2, -0.15) is 0 Å².